The second-order valence-corrected chi connectivity index (χ2v) is 2.81. The molecule has 6 heteroatoms. The van der Waals surface area contributed by atoms with Crippen LogP contribution in [0.2, 0.25) is 0 Å². The van der Waals surface area contributed by atoms with Gasteiger partial charge in [-0.2, -0.15) is 19.9 Å². The number of nitrogens with one attached hydrogen (secondary N) is 1. The van der Waals surface area contributed by atoms with E-state index in [-0.39, 0.29) is 6.15 Å². The Morgan fingerprint density at radius 1 is 1.25 bits per heavy atom. The van der Waals surface area contributed by atoms with Crippen molar-refractivity contribution in [3.8, 4) is 11.6 Å². The van der Waals surface area contributed by atoms with E-state index in [1.165, 1.54) is 11.8 Å². The SMILES string of the molecule is Cc1ccc(Oc2cn[nH]n2)cc1.O=C=O. The molecule has 0 aliphatic heterocycles. The predicted molar refractivity (Wildman–Crippen MR) is 52.6 cm³/mol. The van der Waals surface area contributed by atoms with E-state index in [1.807, 2.05) is 31.2 Å². The van der Waals surface area contributed by atoms with Gasteiger partial charge in [-0.05, 0) is 19.1 Å². The molecule has 0 unspecified atom stereocenters. The minimum atomic E-state index is 0.250. The molecule has 0 aliphatic rings. The van der Waals surface area contributed by atoms with E-state index < -0.39 is 0 Å². The van der Waals surface area contributed by atoms with Crippen LogP contribution in [0.3, 0.4) is 0 Å². The van der Waals surface area contributed by atoms with Crippen molar-refractivity contribution < 1.29 is 14.3 Å². The van der Waals surface area contributed by atoms with Crippen molar-refractivity contribution in [3.05, 3.63) is 36.0 Å². The Morgan fingerprint density at radius 2 is 1.88 bits per heavy atom. The van der Waals surface area contributed by atoms with Gasteiger partial charge in [0.1, 0.15) is 11.9 Å². The van der Waals surface area contributed by atoms with Crippen LogP contribution < -0.4 is 4.74 Å². The van der Waals surface area contributed by atoms with Gasteiger partial charge in [-0.25, -0.2) is 0 Å². The van der Waals surface area contributed by atoms with Gasteiger partial charge in [0.25, 0.3) is 5.88 Å². The normalized spacial score (nSPS) is 8.56. The van der Waals surface area contributed by atoms with Crippen LogP contribution in [0.1, 0.15) is 5.56 Å². The maximum absolute atomic E-state index is 8.12. The first-order chi connectivity index (χ1) is 7.76. The van der Waals surface area contributed by atoms with E-state index in [9.17, 15) is 0 Å². The molecule has 6 nitrogen and oxygen atoms in total. The summed E-state index contributed by atoms with van der Waals surface area (Å²) in [6.45, 7) is 2.03. The van der Waals surface area contributed by atoms with Crippen molar-refractivity contribution in [1.29, 1.82) is 0 Å². The Labute approximate surface area is 91.2 Å². The Bertz CT molecular complexity index is 445. The molecule has 16 heavy (non-hydrogen) atoms. The number of rotatable bonds is 2. The number of aryl methyl sites for hydroxylation is 1. The Kier molecular flexibility index (Phi) is 4.43. The highest BCUT2D eigenvalue weighted by Crippen LogP contribution is 2.17. The minimum Gasteiger partial charge on any atom is -0.436 e. The molecule has 1 N–H and O–H groups in total. The third-order valence-corrected chi connectivity index (χ3v) is 1.64. The van der Waals surface area contributed by atoms with Gasteiger partial charge in [-0.1, -0.05) is 17.7 Å². The molecule has 0 saturated heterocycles. The summed E-state index contributed by atoms with van der Waals surface area (Å²) in [5.41, 5.74) is 1.20. The molecular weight excluding hydrogens is 210 g/mol. The first-order valence-corrected chi connectivity index (χ1v) is 4.36. The molecule has 2 aromatic rings. The van der Waals surface area contributed by atoms with Crippen LogP contribution in [0.5, 0.6) is 11.6 Å². The lowest BCUT2D eigenvalue weighted by Gasteiger charge is -2.00. The van der Waals surface area contributed by atoms with Gasteiger partial charge in [-0.3, -0.25) is 0 Å². The average Bonchev–Trinajstić information content (AvgIpc) is 2.75. The van der Waals surface area contributed by atoms with Crippen LogP contribution in [-0.2, 0) is 9.59 Å². The lowest BCUT2D eigenvalue weighted by atomic mass is 10.2. The summed E-state index contributed by atoms with van der Waals surface area (Å²) in [5.74, 6) is 1.24. The van der Waals surface area contributed by atoms with Crippen molar-refractivity contribution in [2.75, 3.05) is 0 Å². The molecule has 0 fully saturated rings. The van der Waals surface area contributed by atoms with Gasteiger partial charge in [0.2, 0.25) is 0 Å². The topological polar surface area (TPSA) is 84.9 Å². The highest BCUT2D eigenvalue weighted by molar-refractivity contribution is 5.28. The maximum atomic E-state index is 8.12. The van der Waals surface area contributed by atoms with Gasteiger partial charge < -0.3 is 4.74 Å². The highest BCUT2D eigenvalue weighted by Gasteiger charge is 1.97. The average molecular weight is 219 g/mol. The summed E-state index contributed by atoms with van der Waals surface area (Å²) in [7, 11) is 0. The molecule has 82 valence electrons. The quantitative estimate of drug-likeness (QED) is 0.823. The van der Waals surface area contributed by atoms with Crippen LogP contribution in [-0.4, -0.2) is 21.6 Å². The van der Waals surface area contributed by atoms with E-state index in [4.69, 9.17) is 14.3 Å². The summed E-state index contributed by atoms with van der Waals surface area (Å²) >= 11 is 0. The smallest absolute Gasteiger partial charge is 0.373 e. The van der Waals surface area contributed by atoms with Crippen molar-refractivity contribution in [2.24, 2.45) is 0 Å². The number of aromatic amines is 1. The zero-order valence-corrected chi connectivity index (χ0v) is 8.51. The van der Waals surface area contributed by atoms with Crippen LogP contribution in [0.15, 0.2) is 30.5 Å². The van der Waals surface area contributed by atoms with E-state index in [2.05, 4.69) is 15.4 Å². The molecule has 0 radical (unpaired) electrons. The van der Waals surface area contributed by atoms with Crippen LogP contribution in [0, 0.1) is 6.92 Å². The number of benzene rings is 1. The molecule has 0 spiro atoms. The van der Waals surface area contributed by atoms with Crippen molar-refractivity contribution >= 4 is 6.15 Å². The van der Waals surface area contributed by atoms with Crippen molar-refractivity contribution in [3.63, 3.8) is 0 Å². The van der Waals surface area contributed by atoms with Gasteiger partial charge in [0, 0.05) is 0 Å². The molecule has 1 aromatic carbocycles. The molecule has 0 amide bonds. The Morgan fingerprint density at radius 3 is 2.38 bits per heavy atom. The summed E-state index contributed by atoms with van der Waals surface area (Å²) in [6, 6.07) is 7.75. The number of H-pyrrole nitrogens is 1. The van der Waals surface area contributed by atoms with E-state index in [1.54, 1.807) is 0 Å². The van der Waals surface area contributed by atoms with Gasteiger partial charge >= 0.3 is 6.15 Å². The number of nitrogens with zero attached hydrogens (tertiary/aromatic N) is 2. The van der Waals surface area contributed by atoms with E-state index in [0.29, 0.717) is 5.88 Å². The summed E-state index contributed by atoms with van der Waals surface area (Å²) in [5, 5.41) is 9.89. The predicted octanol–water partition coefficient (Wildman–Crippen LogP) is 1.32. The Balaban J connectivity index is 0.000000386. The lowest BCUT2D eigenvalue weighted by molar-refractivity contribution is -0.191. The van der Waals surface area contributed by atoms with Crippen LogP contribution in [0.4, 0.5) is 0 Å². The summed E-state index contributed by atoms with van der Waals surface area (Å²) < 4.78 is 5.37. The summed E-state index contributed by atoms with van der Waals surface area (Å²) in [4.78, 5) is 16.2. The fourth-order valence-corrected chi connectivity index (χ4v) is 0.967. The number of carbonyl (C=O) groups excluding carboxylic acids is 2. The second-order valence-electron chi connectivity index (χ2n) is 2.81. The standard InChI is InChI=1S/C9H9N3O.CO2/c1-7-2-4-8(5-3-7)13-9-6-10-12-11-9;2-1-3/h2-6H,1H3,(H,10,11,12);. The van der Waals surface area contributed by atoms with Gasteiger partial charge in [0.15, 0.2) is 0 Å². The van der Waals surface area contributed by atoms with Gasteiger partial charge in [0.05, 0.1) is 0 Å². The minimum absolute atomic E-state index is 0.250. The first-order valence-electron chi connectivity index (χ1n) is 4.36. The van der Waals surface area contributed by atoms with Crippen LogP contribution in [0.25, 0.3) is 0 Å². The zero-order valence-electron chi connectivity index (χ0n) is 8.51. The fraction of sp³-hybridized carbons (Fsp3) is 0.100. The molecule has 2 rings (SSSR count). The largest absolute Gasteiger partial charge is 0.436 e. The molecule has 1 aromatic heterocycles. The number of aromatic nitrogens is 3. The third kappa shape index (κ3) is 3.73. The first kappa shape index (κ1) is 11.6. The molecule has 0 saturated carbocycles. The second kappa shape index (κ2) is 6.10. The highest BCUT2D eigenvalue weighted by atomic mass is 16.5. The Hall–Kier alpha value is -2.46. The van der Waals surface area contributed by atoms with Crippen molar-refractivity contribution in [1.82, 2.24) is 15.4 Å². The fourth-order valence-electron chi connectivity index (χ4n) is 0.967. The third-order valence-electron chi connectivity index (χ3n) is 1.64. The molecule has 0 aliphatic carbocycles. The number of hydrogen-bond acceptors (Lipinski definition) is 5. The van der Waals surface area contributed by atoms with E-state index >= 15 is 0 Å². The van der Waals surface area contributed by atoms with E-state index in [0.717, 1.165) is 5.75 Å². The van der Waals surface area contributed by atoms with Crippen LogP contribution >= 0.6 is 0 Å². The lowest BCUT2D eigenvalue weighted by Crippen LogP contribution is -1.83. The molecule has 1 heterocycles. The molecular formula is C10H9N3O3. The monoisotopic (exact) mass is 219 g/mol. The number of hydrogen-bond donors (Lipinski definition) is 1. The van der Waals surface area contributed by atoms with Gasteiger partial charge in [-0.15, -0.1) is 5.10 Å². The van der Waals surface area contributed by atoms with Crippen molar-refractivity contribution in [2.45, 2.75) is 6.92 Å². The summed E-state index contributed by atoms with van der Waals surface area (Å²) in [6.07, 6.45) is 1.78. The zero-order chi connectivity index (χ0) is 11.8. The number of ether oxygens (including phenoxy) is 1. The molecule has 0 atom stereocenters. The molecule has 0 bridgehead atoms. The maximum Gasteiger partial charge on any atom is 0.373 e.